The molecular formula is C26H33N5O3. The van der Waals surface area contributed by atoms with E-state index in [9.17, 15) is 9.59 Å². The van der Waals surface area contributed by atoms with E-state index in [1.807, 2.05) is 17.0 Å². The SMILES string of the molecule is CCn1c(CN2CCN(C(=O)c3ccco3)CC2)nc2cc(NC(=O)C3CCCCC3)ccc21. The van der Waals surface area contributed by atoms with E-state index in [-0.39, 0.29) is 17.7 Å². The van der Waals surface area contributed by atoms with Crippen LogP contribution in [0, 0.1) is 5.92 Å². The Morgan fingerprint density at radius 1 is 1.09 bits per heavy atom. The number of aromatic nitrogens is 2. The van der Waals surface area contributed by atoms with Gasteiger partial charge in [0, 0.05) is 44.3 Å². The molecule has 3 heterocycles. The summed E-state index contributed by atoms with van der Waals surface area (Å²) in [5.74, 6) is 1.63. The summed E-state index contributed by atoms with van der Waals surface area (Å²) in [5.41, 5.74) is 2.81. The molecule has 0 unspecified atom stereocenters. The summed E-state index contributed by atoms with van der Waals surface area (Å²) in [6.07, 6.45) is 7.04. The maximum Gasteiger partial charge on any atom is 0.289 e. The second-order valence-electron chi connectivity index (χ2n) is 9.35. The molecule has 2 aromatic heterocycles. The number of nitrogens with zero attached hydrogens (tertiary/aromatic N) is 4. The van der Waals surface area contributed by atoms with Crippen molar-refractivity contribution in [3.63, 3.8) is 0 Å². The topological polar surface area (TPSA) is 83.6 Å². The molecule has 1 aliphatic carbocycles. The maximum atomic E-state index is 12.7. The van der Waals surface area contributed by atoms with Gasteiger partial charge in [-0.3, -0.25) is 14.5 Å². The predicted molar refractivity (Wildman–Crippen MR) is 131 cm³/mol. The molecule has 34 heavy (non-hydrogen) atoms. The summed E-state index contributed by atoms with van der Waals surface area (Å²) in [4.78, 5) is 34.3. The maximum absolute atomic E-state index is 12.7. The third-order valence-electron chi connectivity index (χ3n) is 7.14. The Morgan fingerprint density at radius 3 is 2.59 bits per heavy atom. The molecule has 0 bridgehead atoms. The highest BCUT2D eigenvalue weighted by atomic mass is 16.3. The normalized spacial score (nSPS) is 17.9. The number of amides is 2. The molecule has 3 aromatic rings. The number of furan rings is 1. The molecular weight excluding hydrogens is 430 g/mol. The fraction of sp³-hybridized carbons (Fsp3) is 0.500. The number of hydrogen-bond donors (Lipinski definition) is 1. The fourth-order valence-electron chi connectivity index (χ4n) is 5.21. The zero-order valence-electron chi connectivity index (χ0n) is 19.8. The van der Waals surface area contributed by atoms with E-state index < -0.39 is 0 Å². The Balaban J connectivity index is 1.24. The van der Waals surface area contributed by atoms with Crippen molar-refractivity contribution < 1.29 is 14.0 Å². The molecule has 8 heteroatoms. The first kappa shape index (κ1) is 22.7. The number of imidazole rings is 1. The zero-order chi connectivity index (χ0) is 23.5. The van der Waals surface area contributed by atoms with Crippen molar-refractivity contribution in [2.24, 2.45) is 5.92 Å². The summed E-state index contributed by atoms with van der Waals surface area (Å²) in [7, 11) is 0. The van der Waals surface area contributed by atoms with E-state index in [4.69, 9.17) is 9.40 Å². The van der Waals surface area contributed by atoms with Crippen LogP contribution in [0.2, 0.25) is 0 Å². The first-order valence-electron chi connectivity index (χ1n) is 12.5. The van der Waals surface area contributed by atoms with E-state index in [1.54, 1.807) is 12.1 Å². The van der Waals surface area contributed by atoms with Crippen molar-refractivity contribution in [3.05, 3.63) is 48.2 Å². The molecule has 0 spiro atoms. The number of carbonyl (C=O) groups excluding carboxylic acids is 2. The van der Waals surface area contributed by atoms with E-state index in [0.717, 1.165) is 74.4 Å². The molecule has 180 valence electrons. The van der Waals surface area contributed by atoms with Crippen molar-refractivity contribution >= 4 is 28.5 Å². The van der Waals surface area contributed by atoms with Gasteiger partial charge in [0.15, 0.2) is 5.76 Å². The Bertz CT molecular complexity index is 1140. The molecule has 1 N–H and O–H groups in total. The number of aryl methyl sites for hydroxylation is 1. The van der Waals surface area contributed by atoms with Gasteiger partial charge in [0.05, 0.1) is 23.8 Å². The van der Waals surface area contributed by atoms with Gasteiger partial charge in [-0.1, -0.05) is 19.3 Å². The number of rotatable bonds is 6. The quantitative estimate of drug-likeness (QED) is 0.594. The van der Waals surface area contributed by atoms with Crippen LogP contribution < -0.4 is 5.32 Å². The largest absolute Gasteiger partial charge is 0.459 e. The van der Waals surface area contributed by atoms with Gasteiger partial charge in [-0.05, 0) is 50.1 Å². The van der Waals surface area contributed by atoms with Crippen LogP contribution in [0.15, 0.2) is 41.0 Å². The molecule has 8 nitrogen and oxygen atoms in total. The van der Waals surface area contributed by atoms with Crippen LogP contribution in [-0.4, -0.2) is 57.3 Å². The third-order valence-corrected chi connectivity index (χ3v) is 7.14. The minimum Gasteiger partial charge on any atom is -0.459 e. The van der Waals surface area contributed by atoms with Gasteiger partial charge >= 0.3 is 0 Å². The Kier molecular flexibility index (Phi) is 6.67. The van der Waals surface area contributed by atoms with E-state index in [1.165, 1.54) is 12.7 Å². The summed E-state index contributed by atoms with van der Waals surface area (Å²) >= 11 is 0. The molecule has 1 saturated heterocycles. The molecule has 0 atom stereocenters. The van der Waals surface area contributed by atoms with Gasteiger partial charge in [0.25, 0.3) is 5.91 Å². The minimum atomic E-state index is -0.0479. The summed E-state index contributed by atoms with van der Waals surface area (Å²) in [6, 6.07) is 9.49. The minimum absolute atomic E-state index is 0.0479. The summed E-state index contributed by atoms with van der Waals surface area (Å²) < 4.78 is 7.50. The van der Waals surface area contributed by atoms with Gasteiger partial charge < -0.3 is 19.2 Å². The van der Waals surface area contributed by atoms with Crippen LogP contribution in [0.3, 0.4) is 0 Å². The highest BCUT2D eigenvalue weighted by molar-refractivity contribution is 5.94. The van der Waals surface area contributed by atoms with Crippen LogP contribution >= 0.6 is 0 Å². The van der Waals surface area contributed by atoms with Crippen LogP contribution in [0.5, 0.6) is 0 Å². The average molecular weight is 464 g/mol. The second kappa shape index (κ2) is 10.0. The summed E-state index contributed by atoms with van der Waals surface area (Å²) in [6.45, 7) is 6.62. The number of carbonyl (C=O) groups is 2. The van der Waals surface area contributed by atoms with Crippen LogP contribution in [-0.2, 0) is 17.9 Å². The lowest BCUT2D eigenvalue weighted by atomic mass is 9.88. The number of fused-ring (bicyclic) bond motifs is 1. The smallest absolute Gasteiger partial charge is 0.289 e. The number of benzene rings is 1. The van der Waals surface area contributed by atoms with E-state index in [2.05, 4.69) is 27.8 Å². The molecule has 2 fully saturated rings. The Labute approximate surface area is 199 Å². The lowest BCUT2D eigenvalue weighted by molar-refractivity contribution is -0.120. The zero-order valence-corrected chi connectivity index (χ0v) is 19.8. The lowest BCUT2D eigenvalue weighted by Gasteiger charge is -2.34. The van der Waals surface area contributed by atoms with E-state index in [0.29, 0.717) is 18.8 Å². The lowest BCUT2D eigenvalue weighted by Crippen LogP contribution is -2.48. The van der Waals surface area contributed by atoms with Crippen LogP contribution in [0.4, 0.5) is 5.69 Å². The van der Waals surface area contributed by atoms with Crippen molar-refractivity contribution in [2.75, 3.05) is 31.5 Å². The molecule has 1 saturated carbocycles. The van der Waals surface area contributed by atoms with Gasteiger partial charge in [-0.2, -0.15) is 0 Å². The Hall–Kier alpha value is -3.13. The average Bonchev–Trinajstić information content (AvgIpc) is 3.52. The summed E-state index contributed by atoms with van der Waals surface area (Å²) in [5, 5.41) is 3.12. The van der Waals surface area contributed by atoms with Crippen molar-refractivity contribution in [1.82, 2.24) is 19.4 Å². The number of hydrogen-bond acceptors (Lipinski definition) is 5. The monoisotopic (exact) mass is 463 g/mol. The first-order chi connectivity index (χ1) is 16.6. The van der Waals surface area contributed by atoms with Crippen molar-refractivity contribution in [3.8, 4) is 0 Å². The second-order valence-corrected chi connectivity index (χ2v) is 9.35. The highest BCUT2D eigenvalue weighted by Crippen LogP contribution is 2.26. The highest BCUT2D eigenvalue weighted by Gasteiger charge is 2.25. The van der Waals surface area contributed by atoms with Crippen LogP contribution in [0.25, 0.3) is 11.0 Å². The third kappa shape index (κ3) is 4.73. The molecule has 0 radical (unpaired) electrons. The van der Waals surface area contributed by atoms with E-state index >= 15 is 0 Å². The number of anilines is 1. The van der Waals surface area contributed by atoms with Crippen molar-refractivity contribution in [2.45, 2.75) is 52.1 Å². The standard InChI is InChI=1S/C26H33N5O3/c1-2-31-22-11-10-20(27-25(32)19-7-4-3-5-8-19)17-21(22)28-24(31)18-29-12-14-30(15-13-29)26(33)23-9-6-16-34-23/h6,9-11,16-17,19H,2-5,7-8,12-15,18H2,1H3,(H,27,32). The van der Waals surface area contributed by atoms with Gasteiger partial charge in [-0.15, -0.1) is 0 Å². The fourth-order valence-corrected chi connectivity index (χ4v) is 5.21. The van der Waals surface area contributed by atoms with Gasteiger partial charge in [-0.25, -0.2) is 4.98 Å². The molecule has 1 aliphatic heterocycles. The molecule has 2 amide bonds. The first-order valence-corrected chi connectivity index (χ1v) is 12.5. The molecule has 2 aliphatic rings. The van der Waals surface area contributed by atoms with Gasteiger partial charge in [0.1, 0.15) is 5.82 Å². The number of nitrogens with one attached hydrogen (secondary N) is 1. The van der Waals surface area contributed by atoms with Gasteiger partial charge in [0.2, 0.25) is 5.91 Å². The molecule has 5 rings (SSSR count). The number of piperazine rings is 1. The Morgan fingerprint density at radius 2 is 1.88 bits per heavy atom. The van der Waals surface area contributed by atoms with Crippen molar-refractivity contribution in [1.29, 1.82) is 0 Å². The van der Waals surface area contributed by atoms with Crippen LogP contribution in [0.1, 0.15) is 55.4 Å². The predicted octanol–water partition coefficient (Wildman–Crippen LogP) is 4.13. The molecule has 1 aromatic carbocycles.